The highest BCUT2D eigenvalue weighted by atomic mass is 31.2. The highest BCUT2D eigenvalue weighted by molar-refractivity contribution is 7.54. The SMILES string of the molecule is COP(=O)(CCc1cc(CCP(=O)(OC)OC)cc(Oc2ccc(CNC(CO)(CO)CO)cc2)c1)OC. The lowest BCUT2D eigenvalue weighted by atomic mass is 10.0. The molecule has 11 nitrogen and oxygen atoms in total. The van der Waals surface area contributed by atoms with E-state index in [2.05, 4.69) is 5.32 Å². The molecule has 0 saturated carbocycles. The summed E-state index contributed by atoms with van der Waals surface area (Å²) >= 11 is 0. The molecule has 0 atom stereocenters. The van der Waals surface area contributed by atoms with Crippen LogP contribution >= 0.6 is 15.2 Å². The molecule has 0 radical (unpaired) electrons. The maximum Gasteiger partial charge on any atom is 0.330 e. The zero-order chi connectivity index (χ0) is 28.2. The van der Waals surface area contributed by atoms with Gasteiger partial charge in [0.2, 0.25) is 0 Å². The van der Waals surface area contributed by atoms with E-state index in [-0.39, 0.29) is 12.3 Å². The molecule has 0 saturated heterocycles. The van der Waals surface area contributed by atoms with Crippen LogP contribution in [-0.2, 0) is 46.6 Å². The highest BCUT2D eigenvalue weighted by Gasteiger charge is 2.27. The van der Waals surface area contributed by atoms with Crippen LogP contribution in [-0.4, -0.2) is 81.4 Å². The zero-order valence-electron chi connectivity index (χ0n) is 22.3. The van der Waals surface area contributed by atoms with E-state index in [1.54, 1.807) is 12.1 Å². The quantitative estimate of drug-likeness (QED) is 0.194. The Morgan fingerprint density at radius 1 is 0.684 bits per heavy atom. The van der Waals surface area contributed by atoms with Crippen LogP contribution in [0.15, 0.2) is 42.5 Å². The molecule has 0 fully saturated rings. The average Bonchev–Trinajstić information content (AvgIpc) is 2.96. The third-order valence-corrected chi connectivity index (χ3v) is 9.99. The molecule has 0 aliphatic rings. The number of nitrogens with one attached hydrogen (secondary N) is 1. The number of benzene rings is 2. The number of aryl methyl sites for hydroxylation is 2. The largest absolute Gasteiger partial charge is 0.457 e. The van der Waals surface area contributed by atoms with Crippen molar-refractivity contribution < 1.29 is 47.3 Å². The monoisotopic (exact) mass is 575 g/mol. The van der Waals surface area contributed by atoms with Gasteiger partial charge < -0.3 is 43.5 Å². The first kappa shape index (κ1) is 32.6. The molecule has 0 aliphatic heterocycles. The second-order valence-electron chi connectivity index (χ2n) is 8.74. The summed E-state index contributed by atoms with van der Waals surface area (Å²) in [5, 5.41) is 31.4. The van der Waals surface area contributed by atoms with Gasteiger partial charge in [-0.15, -0.1) is 0 Å². The van der Waals surface area contributed by atoms with Crippen molar-refractivity contribution >= 4 is 15.2 Å². The summed E-state index contributed by atoms with van der Waals surface area (Å²) in [6.07, 6.45) is 1.16. The fourth-order valence-electron chi connectivity index (χ4n) is 3.54. The van der Waals surface area contributed by atoms with Crippen molar-refractivity contribution in [3.63, 3.8) is 0 Å². The second-order valence-corrected chi connectivity index (χ2v) is 13.5. The number of rotatable bonds is 18. The molecule has 38 heavy (non-hydrogen) atoms. The van der Waals surface area contributed by atoms with E-state index in [9.17, 15) is 24.4 Å². The van der Waals surface area contributed by atoms with Crippen molar-refractivity contribution in [3.05, 3.63) is 59.2 Å². The summed E-state index contributed by atoms with van der Waals surface area (Å²) in [5.74, 6) is 1.10. The fourth-order valence-corrected chi connectivity index (χ4v) is 5.63. The van der Waals surface area contributed by atoms with E-state index in [1.807, 2.05) is 30.3 Å². The molecular formula is C25H39NO10P2. The summed E-state index contributed by atoms with van der Waals surface area (Å²) in [5.41, 5.74) is 1.37. The standard InChI is InChI=1S/C25H39NO10P2/c1-32-37(30,33-2)11-9-21-13-22(10-12-38(31,34-3)35-4)15-24(14-21)36-23-7-5-20(6-8-23)16-26-25(17-27,18-28)19-29/h5-8,13-15,26-29H,9-12,16-19H2,1-4H3. The Kier molecular flexibility index (Phi) is 13.1. The minimum Gasteiger partial charge on any atom is -0.457 e. The van der Waals surface area contributed by atoms with Gasteiger partial charge in [-0.1, -0.05) is 18.2 Å². The van der Waals surface area contributed by atoms with Gasteiger partial charge in [0, 0.05) is 35.0 Å². The van der Waals surface area contributed by atoms with E-state index in [1.165, 1.54) is 28.4 Å². The van der Waals surface area contributed by atoms with E-state index >= 15 is 0 Å². The first-order valence-electron chi connectivity index (χ1n) is 12.0. The molecule has 2 rings (SSSR count). The Balaban J connectivity index is 2.21. The average molecular weight is 576 g/mol. The molecule has 2 aromatic rings. The van der Waals surface area contributed by atoms with Crippen molar-refractivity contribution in [3.8, 4) is 11.5 Å². The normalized spacial score (nSPS) is 12.6. The molecule has 0 aliphatic carbocycles. The molecule has 0 unspecified atom stereocenters. The zero-order valence-corrected chi connectivity index (χ0v) is 24.1. The van der Waals surface area contributed by atoms with Crippen LogP contribution < -0.4 is 10.1 Å². The van der Waals surface area contributed by atoms with Crippen LogP contribution in [0.1, 0.15) is 16.7 Å². The van der Waals surface area contributed by atoms with Crippen molar-refractivity contribution in [1.82, 2.24) is 5.32 Å². The maximum absolute atomic E-state index is 12.5. The van der Waals surface area contributed by atoms with Gasteiger partial charge in [-0.25, -0.2) is 0 Å². The third-order valence-electron chi connectivity index (χ3n) is 6.22. The van der Waals surface area contributed by atoms with Gasteiger partial charge in [0.25, 0.3) is 0 Å². The Hall–Kier alpha value is -1.62. The van der Waals surface area contributed by atoms with Crippen LogP contribution in [0.25, 0.3) is 0 Å². The summed E-state index contributed by atoms with van der Waals surface area (Å²) < 4.78 is 51.3. The van der Waals surface area contributed by atoms with Crippen LogP contribution in [0.4, 0.5) is 0 Å². The van der Waals surface area contributed by atoms with Gasteiger partial charge >= 0.3 is 15.2 Å². The summed E-state index contributed by atoms with van der Waals surface area (Å²) in [6.45, 7) is -0.906. The molecule has 4 N–H and O–H groups in total. The molecule has 2 aromatic carbocycles. The smallest absolute Gasteiger partial charge is 0.330 e. The molecule has 0 heterocycles. The molecule has 0 amide bonds. The molecular weight excluding hydrogens is 536 g/mol. The van der Waals surface area contributed by atoms with Crippen LogP contribution in [0.5, 0.6) is 11.5 Å². The Morgan fingerprint density at radius 2 is 1.13 bits per heavy atom. The first-order chi connectivity index (χ1) is 18.1. The minimum atomic E-state index is -3.20. The van der Waals surface area contributed by atoms with Crippen molar-refractivity contribution in [2.24, 2.45) is 0 Å². The first-order valence-corrected chi connectivity index (χ1v) is 15.5. The van der Waals surface area contributed by atoms with Crippen molar-refractivity contribution in [1.29, 1.82) is 0 Å². The minimum absolute atomic E-state index is 0.177. The number of aliphatic hydroxyl groups excluding tert-OH is 3. The summed E-state index contributed by atoms with van der Waals surface area (Å²) in [7, 11) is -1.03. The fraction of sp³-hybridized carbons (Fsp3) is 0.520. The predicted octanol–water partition coefficient (Wildman–Crippen LogP) is 3.34. The van der Waals surface area contributed by atoms with Crippen molar-refractivity contribution in [2.75, 3.05) is 60.6 Å². The molecule has 0 spiro atoms. The van der Waals surface area contributed by atoms with Crippen molar-refractivity contribution in [2.45, 2.75) is 24.9 Å². The van der Waals surface area contributed by atoms with E-state index < -0.39 is 40.6 Å². The Morgan fingerprint density at radius 3 is 1.53 bits per heavy atom. The van der Waals surface area contributed by atoms with Gasteiger partial charge in [-0.3, -0.25) is 9.13 Å². The Labute approximate surface area is 224 Å². The molecule has 0 aromatic heterocycles. The Bertz CT molecular complexity index is 1020. The summed E-state index contributed by atoms with van der Waals surface area (Å²) in [4.78, 5) is 0. The lowest BCUT2D eigenvalue weighted by molar-refractivity contribution is 0.0414. The second kappa shape index (κ2) is 15.2. The lowest BCUT2D eigenvalue weighted by Gasteiger charge is -2.28. The maximum atomic E-state index is 12.5. The molecule has 13 heteroatoms. The number of hydrogen-bond acceptors (Lipinski definition) is 11. The lowest BCUT2D eigenvalue weighted by Crippen LogP contribution is -2.54. The van der Waals surface area contributed by atoms with Gasteiger partial charge in [0.1, 0.15) is 11.5 Å². The summed E-state index contributed by atoms with van der Waals surface area (Å²) in [6, 6.07) is 12.8. The van der Waals surface area contributed by atoms with Gasteiger partial charge in [-0.2, -0.15) is 0 Å². The van der Waals surface area contributed by atoms with Gasteiger partial charge in [0.15, 0.2) is 0 Å². The van der Waals surface area contributed by atoms with Crippen LogP contribution in [0, 0.1) is 0 Å². The highest BCUT2D eigenvalue weighted by Crippen LogP contribution is 2.48. The number of aliphatic hydroxyl groups is 3. The third kappa shape index (κ3) is 9.54. The van der Waals surface area contributed by atoms with E-state index in [0.717, 1.165) is 16.7 Å². The number of ether oxygens (including phenoxy) is 1. The van der Waals surface area contributed by atoms with E-state index in [4.69, 9.17) is 22.8 Å². The van der Waals surface area contributed by atoms with Crippen LogP contribution in [0.3, 0.4) is 0 Å². The predicted molar refractivity (Wildman–Crippen MR) is 144 cm³/mol. The van der Waals surface area contributed by atoms with E-state index in [0.29, 0.717) is 30.9 Å². The molecule has 214 valence electrons. The number of hydrogen-bond donors (Lipinski definition) is 4. The topological polar surface area (TPSA) is 153 Å². The van der Waals surface area contributed by atoms with Gasteiger partial charge in [0.05, 0.1) is 37.7 Å². The molecule has 0 bridgehead atoms. The van der Waals surface area contributed by atoms with Gasteiger partial charge in [-0.05, 0) is 53.8 Å². The van der Waals surface area contributed by atoms with Crippen LogP contribution in [0.2, 0.25) is 0 Å².